The topological polar surface area (TPSA) is 55.8 Å². The molecule has 1 aliphatic carbocycles. The third-order valence-corrected chi connectivity index (χ3v) is 6.16. The van der Waals surface area contributed by atoms with Gasteiger partial charge < -0.3 is 9.47 Å². The summed E-state index contributed by atoms with van der Waals surface area (Å²) in [7, 11) is 0. The Morgan fingerprint density at radius 3 is 2.30 bits per heavy atom. The van der Waals surface area contributed by atoms with Crippen LogP contribution in [-0.4, -0.2) is 23.0 Å². The number of benzene rings is 2. The molecule has 1 saturated carbocycles. The van der Waals surface area contributed by atoms with Crippen LogP contribution in [0.4, 0.5) is 4.79 Å². The van der Waals surface area contributed by atoms with Gasteiger partial charge in [0, 0.05) is 5.56 Å². The van der Waals surface area contributed by atoms with E-state index in [4.69, 9.17) is 9.47 Å². The predicted octanol–water partition coefficient (Wildman–Crippen LogP) is 5.61. The Kier molecular flexibility index (Phi) is 6.67. The summed E-state index contributed by atoms with van der Waals surface area (Å²) in [5.74, 6) is 0.292. The first-order valence-electron chi connectivity index (χ1n) is 11.0. The van der Waals surface area contributed by atoms with Gasteiger partial charge in [0.15, 0.2) is 0 Å². The molecule has 0 aromatic heterocycles. The van der Waals surface area contributed by atoms with Crippen LogP contribution >= 0.6 is 0 Å². The maximum Gasteiger partial charge on any atom is 0.414 e. The number of amides is 1. The van der Waals surface area contributed by atoms with Crippen LogP contribution in [0.25, 0.3) is 0 Å². The molecule has 4 rings (SSSR count). The zero-order valence-corrected chi connectivity index (χ0v) is 17.2. The Balaban J connectivity index is 1.49. The lowest BCUT2D eigenvalue weighted by Crippen LogP contribution is -2.40. The molecule has 2 fully saturated rings. The van der Waals surface area contributed by atoms with E-state index in [2.05, 4.69) is 0 Å². The zero-order chi connectivity index (χ0) is 20.8. The van der Waals surface area contributed by atoms with Gasteiger partial charge in [0.2, 0.25) is 6.23 Å². The number of rotatable bonds is 6. The van der Waals surface area contributed by atoms with E-state index in [0.29, 0.717) is 12.3 Å². The van der Waals surface area contributed by atoms with E-state index < -0.39 is 18.4 Å². The van der Waals surface area contributed by atoms with Gasteiger partial charge in [0.1, 0.15) is 12.6 Å². The third-order valence-electron chi connectivity index (χ3n) is 6.16. The number of ether oxygens (including phenoxy) is 2. The van der Waals surface area contributed by atoms with Crippen molar-refractivity contribution in [3.8, 4) is 0 Å². The van der Waals surface area contributed by atoms with E-state index in [9.17, 15) is 9.59 Å². The summed E-state index contributed by atoms with van der Waals surface area (Å²) in [5.41, 5.74) is 1.69. The SMILES string of the molecule is O=C1O[C@@H](c2ccccc2)N(C(=O)OCc2ccccc2)[C@H]1CCC1CCCCC1. The van der Waals surface area contributed by atoms with E-state index in [1.54, 1.807) is 0 Å². The summed E-state index contributed by atoms with van der Waals surface area (Å²) in [6.45, 7) is 0.168. The number of esters is 1. The third kappa shape index (κ3) is 4.84. The van der Waals surface area contributed by atoms with Crippen LogP contribution in [0.5, 0.6) is 0 Å². The lowest BCUT2D eigenvalue weighted by Gasteiger charge is -2.27. The number of hydrogen-bond donors (Lipinski definition) is 0. The second-order valence-corrected chi connectivity index (χ2v) is 8.24. The predicted molar refractivity (Wildman–Crippen MR) is 113 cm³/mol. The van der Waals surface area contributed by atoms with Gasteiger partial charge in [0.25, 0.3) is 0 Å². The highest BCUT2D eigenvalue weighted by molar-refractivity contribution is 5.84. The first kappa shape index (κ1) is 20.5. The minimum Gasteiger partial charge on any atom is -0.444 e. The molecule has 1 aliphatic heterocycles. The van der Waals surface area contributed by atoms with Crippen LogP contribution < -0.4 is 0 Å². The van der Waals surface area contributed by atoms with Crippen LogP contribution in [0.1, 0.15) is 62.3 Å². The van der Waals surface area contributed by atoms with Crippen molar-refractivity contribution in [2.75, 3.05) is 0 Å². The molecule has 0 radical (unpaired) electrons. The summed E-state index contributed by atoms with van der Waals surface area (Å²) in [4.78, 5) is 27.3. The molecule has 30 heavy (non-hydrogen) atoms. The lowest BCUT2D eigenvalue weighted by atomic mass is 9.85. The summed E-state index contributed by atoms with van der Waals surface area (Å²) >= 11 is 0. The number of carbonyl (C=O) groups is 2. The summed E-state index contributed by atoms with van der Waals surface area (Å²) < 4.78 is 11.3. The molecule has 2 aliphatic rings. The van der Waals surface area contributed by atoms with Crippen LogP contribution in [0.2, 0.25) is 0 Å². The molecule has 2 aromatic rings. The monoisotopic (exact) mass is 407 g/mol. The Hall–Kier alpha value is -2.82. The number of hydrogen-bond acceptors (Lipinski definition) is 4. The number of carbonyl (C=O) groups excluding carboxylic acids is 2. The van der Waals surface area contributed by atoms with E-state index in [0.717, 1.165) is 17.5 Å². The average molecular weight is 408 g/mol. The molecule has 1 saturated heterocycles. The van der Waals surface area contributed by atoms with E-state index >= 15 is 0 Å². The van der Waals surface area contributed by atoms with Gasteiger partial charge in [-0.25, -0.2) is 9.59 Å². The van der Waals surface area contributed by atoms with E-state index in [-0.39, 0.29) is 12.6 Å². The number of nitrogens with zero attached hydrogens (tertiary/aromatic N) is 1. The Bertz CT molecular complexity index is 833. The minimum atomic E-state index is -0.738. The fourth-order valence-electron chi connectivity index (χ4n) is 4.51. The molecule has 0 bridgehead atoms. The molecular weight excluding hydrogens is 378 g/mol. The van der Waals surface area contributed by atoms with Crippen LogP contribution in [0.3, 0.4) is 0 Å². The molecule has 158 valence electrons. The van der Waals surface area contributed by atoms with Gasteiger partial charge in [-0.3, -0.25) is 4.90 Å². The molecule has 0 spiro atoms. The van der Waals surface area contributed by atoms with Crippen LogP contribution in [0, 0.1) is 5.92 Å². The standard InChI is InChI=1S/C25H29NO4/c27-24-22(17-16-19-10-4-1-5-11-19)26(23(30-24)21-14-8-3-9-15-21)25(28)29-18-20-12-6-2-7-13-20/h2-3,6-9,12-15,19,22-23H,1,4-5,10-11,16-18H2/t22-,23-/m0/s1. The molecule has 2 aromatic carbocycles. The Labute approximate surface area is 178 Å². The summed E-state index contributed by atoms with van der Waals surface area (Å²) in [6.07, 6.45) is 6.55. The van der Waals surface area contributed by atoms with Crippen molar-refractivity contribution in [1.29, 1.82) is 0 Å². The van der Waals surface area contributed by atoms with Gasteiger partial charge in [-0.2, -0.15) is 0 Å². The first-order chi connectivity index (χ1) is 14.7. The van der Waals surface area contributed by atoms with Gasteiger partial charge in [-0.05, 0) is 24.3 Å². The number of cyclic esters (lactones) is 1. The normalized spacial score (nSPS) is 22.0. The van der Waals surface area contributed by atoms with Crippen molar-refractivity contribution < 1.29 is 19.1 Å². The molecule has 5 nitrogen and oxygen atoms in total. The molecule has 5 heteroatoms. The van der Waals surface area contributed by atoms with E-state index in [1.807, 2.05) is 60.7 Å². The maximum absolute atomic E-state index is 13.1. The highest BCUT2D eigenvalue weighted by Gasteiger charge is 2.46. The molecule has 1 heterocycles. The fraction of sp³-hybridized carbons (Fsp3) is 0.440. The zero-order valence-electron chi connectivity index (χ0n) is 17.2. The highest BCUT2D eigenvalue weighted by Crippen LogP contribution is 2.36. The quantitative estimate of drug-likeness (QED) is 0.584. The summed E-state index contributed by atoms with van der Waals surface area (Å²) in [5, 5.41) is 0. The highest BCUT2D eigenvalue weighted by atomic mass is 16.6. The van der Waals surface area contributed by atoms with Crippen molar-refractivity contribution in [2.45, 2.75) is 63.8 Å². The van der Waals surface area contributed by atoms with E-state index in [1.165, 1.54) is 37.0 Å². The maximum atomic E-state index is 13.1. The second kappa shape index (κ2) is 9.79. The molecule has 2 atom stereocenters. The van der Waals surface area contributed by atoms with Crippen LogP contribution in [-0.2, 0) is 20.9 Å². The Morgan fingerprint density at radius 1 is 0.933 bits per heavy atom. The summed E-state index contributed by atoms with van der Waals surface area (Å²) in [6, 6.07) is 18.4. The van der Waals surface area contributed by atoms with Gasteiger partial charge >= 0.3 is 12.1 Å². The van der Waals surface area contributed by atoms with Gasteiger partial charge in [0.05, 0.1) is 0 Å². The van der Waals surface area contributed by atoms with Crippen molar-refractivity contribution in [2.24, 2.45) is 5.92 Å². The van der Waals surface area contributed by atoms with Crippen molar-refractivity contribution in [3.05, 3.63) is 71.8 Å². The van der Waals surface area contributed by atoms with Gasteiger partial charge in [-0.15, -0.1) is 0 Å². The molecule has 1 amide bonds. The van der Waals surface area contributed by atoms with Crippen molar-refractivity contribution >= 4 is 12.1 Å². The van der Waals surface area contributed by atoms with Crippen LogP contribution in [0.15, 0.2) is 60.7 Å². The first-order valence-corrected chi connectivity index (χ1v) is 11.0. The Morgan fingerprint density at radius 2 is 1.60 bits per heavy atom. The largest absolute Gasteiger partial charge is 0.444 e. The van der Waals surface area contributed by atoms with Crippen molar-refractivity contribution in [3.63, 3.8) is 0 Å². The fourth-order valence-corrected chi connectivity index (χ4v) is 4.51. The molecule has 0 N–H and O–H groups in total. The molecular formula is C25H29NO4. The van der Waals surface area contributed by atoms with Gasteiger partial charge in [-0.1, -0.05) is 92.8 Å². The molecule has 0 unspecified atom stereocenters. The minimum absolute atomic E-state index is 0.168. The lowest BCUT2D eigenvalue weighted by molar-refractivity contribution is -0.143. The second-order valence-electron chi connectivity index (χ2n) is 8.24. The van der Waals surface area contributed by atoms with Crippen molar-refractivity contribution in [1.82, 2.24) is 4.90 Å². The smallest absolute Gasteiger partial charge is 0.414 e. The average Bonchev–Trinajstić information content (AvgIpc) is 3.14.